The number of carbonyl (C=O) groups is 1. The number of aromatic nitrogens is 1. The number of hydrogen-bond acceptors (Lipinski definition) is 5. The molecule has 12 heteroatoms. The van der Waals surface area contributed by atoms with Crippen LogP contribution in [0.4, 0.5) is 13.2 Å². The van der Waals surface area contributed by atoms with Crippen LogP contribution in [-0.2, 0) is 32.3 Å². The van der Waals surface area contributed by atoms with Crippen molar-refractivity contribution in [2.75, 3.05) is 0 Å². The average Bonchev–Trinajstić information content (AvgIpc) is 3.24. The van der Waals surface area contributed by atoms with Crippen LogP contribution in [0.3, 0.4) is 0 Å². The first kappa shape index (κ1) is 35.5. The first-order valence-corrected chi connectivity index (χ1v) is 16.7. The number of nitrogens with zero attached hydrogens (tertiary/aromatic N) is 1. The molecule has 2 aliphatic carbocycles. The predicted octanol–water partition coefficient (Wildman–Crippen LogP) is 6.86. The van der Waals surface area contributed by atoms with Gasteiger partial charge in [0, 0.05) is 29.5 Å². The number of rotatable bonds is 7. The van der Waals surface area contributed by atoms with Crippen molar-refractivity contribution >= 4 is 22.1 Å². The van der Waals surface area contributed by atoms with E-state index in [2.05, 4.69) is 17.0 Å². The van der Waals surface area contributed by atoms with Crippen molar-refractivity contribution in [2.24, 2.45) is 11.8 Å². The van der Waals surface area contributed by atoms with Crippen LogP contribution in [0, 0.1) is 18.8 Å². The van der Waals surface area contributed by atoms with E-state index in [1.807, 2.05) is 11.5 Å². The Balaban J connectivity index is 0.00000169. The third-order valence-corrected chi connectivity index (χ3v) is 10.3. The molecule has 2 N–H and O–H groups in total. The smallest absolute Gasteiger partial charge is 0.349 e. The summed E-state index contributed by atoms with van der Waals surface area (Å²) in [5.41, 5.74) is -0.284. The van der Waals surface area contributed by atoms with Crippen LogP contribution in [0.1, 0.15) is 107 Å². The van der Waals surface area contributed by atoms with Crippen molar-refractivity contribution in [1.29, 1.82) is 0 Å². The van der Waals surface area contributed by atoms with Gasteiger partial charge < -0.3 is 9.88 Å². The topological polar surface area (TPSA) is 114 Å². The minimum atomic E-state index is -4.90. The molecule has 0 saturated heterocycles. The summed E-state index contributed by atoms with van der Waals surface area (Å²) in [6.07, 6.45) is 4.74. The van der Waals surface area contributed by atoms with Gasteiger partial charge in [-0.15, -0.1) is 0 Å². The van der Waals surface area contributed by atoms with E-state index in [1.165, 1.54) is 12.5 Å². The molecule has 4 rings (SSSR count). The first-order chi connectivity index (χ1) is 20.5. The van der Waals surface area contributed by atoms with Gasteiger partial charge in [-0.05, 0) is 102 Å². The third-order valence-electron chi connectivity index (χ3n) is 8.44. The van der Waals surface area contributed by atoms with Crippen molar-refractivity contribution in [3.8, 4) is 11.3 Å². The number of benzene rings is 1. The van der Waals surface area contributed by atoms with Gasteiger partial charge in [0.15, 0.2) is 0 Å². The minimum absolute atomic E-state index is 0.0832. The molecule has 0 spiro atoms. The fourth-order valence-electron chi connectivity index (χ4n) is 6.25. The number of carbonyl (C=O) groups excluding carboxylic acids is 3. The molecule has 2 aliphatic rings. The Morgan fingerprint density at radius 1 is 0.977 bits per heavy atom. The molecule has 244 valence electrons. The molecular formula is C32H44F3N3O5S. The normalized spacial score (nSPS) is 19.9. The number of halogens is 3. The van der Waals surface area contributed by atoms with Gasteiger partial charge in [-0.3, -0.25) is 4.79 Å². The molecule has 0 radical (unpaired) electrons. The van der Waals surface area contributed by atoms with E-state index in [-0.39, 0.29) is 23.7 Å². The van der Waals surface area contributed by atoms with Crippen molar-refractivity contribution in [3.63, 3.8) is 0 Å². The molecular weight excluding hydrogens is 595 g/mol. The van der Waals surface area contributed by atoms with Gasteiger partial charge in [0.2, 0.25) is 10.0 Å². The standard InChI is InChI=1S/C31H44F3N3O3S.CO2/c1-20-11-14-24(15-12-20)35-29(38)25-18-27(37(21(25)2)19-22-9-7-6-8-10-22)23-13-16-28(26(17-23)31(32,33)34)41(39,40)36-30(3,4)5;2-1-3/h13,16-18,20,22,24,36H,6-12,14-15,19H2,1-5H3,(H,35,38);. The van der Waals surface area contributed by atoms with Crippen LogP contribution in [0.2, 0.25) is 0 Å². The lowest BCUT2D eigenvalue weighted by atomic mass is 9.87. The average molecular weight is 640 g/mol. The van der Waals surface area contributed by atoms with Gasteiger partial charge in [0.1, 0.15) is 0 Å². The molecule has 0 bridgehead atoms. The van der Waals surface area contributed by atoms with Gasteiger partial charge in [0.05, 0.1) is 16.0 Å². The summed E-state index contributed by atoms with van der Waals surface area (Å²) in [6.45, 7) is 9.39. The van der Waals surface area contributed by atoms with Gasteiger partial charge in [-0.1, -0.05) is 32.3 Å². The Morgan fingerprint density at radius 2 is 1.57 bits per heavy atom. The number of alkyl halides is 3. The summed E-state index contributed by atoms with van der Waals surface area (Å²) in [4.78, 5) is 28.9. The third kappa shape index (κ3) is 9.28. The van der Waals surface area contributed by atoms with E-state index in [0.717, 1.165) is 63.5 Å². The maximum Gasteiger partial charge on any atom is 0.417 e. The zero-order valence-corrected chi connectivity index (χ0v) is 27.0. The van der Waals surface area contributed by atoms with E-state index < -0.39 is 32.2 Å². The van der Waals surface area contributed by atoms with E-state index in [9.17, 15) is 26.4 Å². The highest BCUT2D eigenvalue weighted by atomic mass is 32.2. The molecule has 0 atom stereocenters. The van der Waals surface area contributed by atoms with Crippen LogP contribution in [0.15, 0.2) is 29.2 Å². The Kier molecular flexibility index (Phi) is 11.7. The SMILES string of the molecule is Cc1c(C(=O)NC2CCC(C)CC2)cc(-c2ccc(S(=O)(=O)NC(C)(C)C)c(C(F)(F)F)c2)n1CC1CCCCC1.O=C=O. The van der Waals surface area contributed by atoms with E-state index >= 15 is 0 Å². The van der Waals surface area contributed by atoms with E-state index in [4.69, 9.17) is 9.59 Å². The van der Waals surface area contributed by atoms with Gasteiger partial charge in [-0.25, -0.2) is 13.1 Å². The summed E-state index contributed by atoms with van der Waals surface area (Å²) >= 11 is 0. The Bertz CT molecular complexity index is 1440. The monoisotopic (exact) mass is 639 g/mol. The maximum absolute atomic E-state index is 14.3. The highest BCUT2D eigenvalue weighted by molar-refractivity contribution is 7.89. The Labute approximate surface area is 258 Å². The quantitative estimate of drug-likeness (QED) is 0.344. The van der Waals surface area contributed by atoms with Crippen molar-refractivity contribution < 1.29 is 36.0 Å². The number of nitrogens with one attached hydrogen (secondary N) is 2. The van der Waals surface area contributed by atoms with Crippen LogP contribution < -0.4 is 10.0 Å². The van der Waals surface area contributed by atoms with Gasteiger partial charge in [-0.2, -0.15) is 22.8 Å². The zero-order valence-electron chi connectivity index (χ0n) is 26.1. The summed E-state index contributed by atoms with van der Waals surface area (Å²) < 4.78 is 73.2. The second kappa shape index (κ2) is 14.4. The largest absolute Gasteiger partial charge is 0.417 e. The highest BCUT2D eigenvalue weighted by Crippen LogP contribution is 2.39. The number of sulfonamides is 1. The molecule has 44 heavy (non-hydrogen) atoms. The van der Waals surface area contributed by atoms with Crippen molar-refractivity contribution in [3.05, 3.63) is 41.1 Å². The fourth-order valence-corrected chi connectivity index (χ4v) is 7.88. The number of amides is 1. The highest BCUT2D eigenvalue weighted by Gasteiger charge is 2.39. The van der Waals surface area contributed by atoms with Crippen molar-refractivity contribution in [1.82, 2.24) is 14.6 Å². The van der Waals surface area contributed by atoms with Crippen LogP contribution >= 0.6 is 0 Å². The predicted molar refractivity (Wildman–Crippen MR) is 160 cm³/mol. The van der Waals surface area contributed by atoms with E-state index in [0.29, 0.717) is 35.3 Å². The summed E-state index contributed by atoms with van der Waals surface area (Å²) in [5.74, 6) is 0.790. The molecule has 2 saturated carbocycles. The fraction of sp³-hybridized carbons (Fsp3) is 0.625. The second-order valence-electron chi connectivity index (χ2n) is 13.2. The van der Waals surface area contributed by atoms with Gasteiger partial charge >= 0.3 is 12.3 Å². The second-order valence-corrected chi connectivity index (χ2v) is 14.9. The molecule has 8 nitrogen and oxygen atoms in total. The molecule has 1 amide bonds. The molecule has 2 aromatic rings. The van der Waals surface area contributed by atoms with Gasteiger partial charge in [0.25, 0.3) is 5.91 Å². The summed E-state index contributed by atoms with van der Waals surface area (Å²) in [6, 6.07) is 5.12. The zero-order chi connectivity index (χ0) is 32.9. The lowest BCUT2D eigenvalue weighted by Gasteiger charge is -2.27. The number of hydrogen-bond donors (Lipinski definition) is 2. The van der Waals surface area contributed by atoms with Crippen LogP contribution in [-0.4, -0.2) is 36.6 Å². The Hall–Kier alpha value is -2.95. The molecule has 0 aliphatic heterocycles. The molecule has 1 aromatic heterocycles. The minimum Gasteiger partial charge on any atom is -0.349 e. The maximum atomic E-state index is 14.3. The first-order valence-electron chi connectivity index (χ1n) is 15.2. The lowest BCUT2D eigenvalue weighted by molar-refractivity contribution is -0.191. The molecule has 1 heterocycles. The summed E-state index contributed by atoms with van der Waals surface area (Å²) in [5, 5.41) is 3.16. The molecule has 2 fully saturated rings. The Morgan fingerprint density at radius 3 is 2.11 bits per heavy atom. The van der Waals surface area contributed by atoms with Crippen molar-refractivity contribution in [2.45, 2.75) is 122 Å². The van der Waals surface area contributed by atoms with E-state index in [1.54, 1.807) is 26.8 Å². The van der Waals surface area contributed by atoms with Crippen LogP contribution in [0.5, 0.6) is 0 Å². The summed E-state index contributed by atoms with van der Waals surface area (Å²) in [7, 11) is -4.44. The molecule has 0 unspecified atom stereocenters. The molecule has 1 aromatic carbocycles. The lowest BCUT2D eigenvalue weighted by Crippen LogP contribution is -2.41. The van der Waals surface area contributed by atoms with Crippen LogP contribution in [0.25, 0.3) is 11.3 Å².